The number of nitrogens with one attached hydrogen (secondary N) is 1. The Bertz CT molecular complexity index is 1040. The SMILES string of the molecule is Cc1ncn(CCNC(=O)c2ccc(S(=O)(=O)N3CCOCC3)cc2)c(=O)c1C. The summed E-state index contributed by atoms with van der Waals surface area (Å²) in [5.74, 6) is -0.342. The number of hydrogen-bond acceptors (Lipinski definition) is 6. The van der Waals surface area contributed by atoms with Crippen molar-refractivity contribution in [3.05, 3.63) is 57.8 Å². The molecule has 156 valence electrons. The van der Waals surface area contributed by atoms with Crippen LogP contribution in [0, 0.1) is 13.8 Å². The highest BCUT2D eigenvalue weighted by Crippen LogP contribution is 2.17. The number of aromatic nitrogens is 2. The molecule has 1 aliphatic rings. The average Bonchev–Trinajstić information content (AvgIpc) is 2.74. The largest absolute Gasteiger partial charge is 0.379 e. The number of hydrogen-bond donors (Lipinski definition) is 1. The first-order chi connectivity index (χ1) is 13.8. The van der Waals surface area contributed by atoms with Crippen molar-refractivity contribution in [1.82, 2.24) is 19.2 Å². The van der Waals surface area contributed by atoms with Gasteiger partial charge in [0.1, 0.15) is 0 Å². The Kier molecular flexibility index (Phi) is 6.46. The van der Waals surface area contributed by atoms with Crippen molar-refractivity contribution in [3.8, 4) is 0 Å². The lowest BCUT2D eigenvalue weighted by molar-refractivity contribution is 0.0730. The number of ether oxygens (including phenoxy) is 1. The van der Waals surface area contributed by atoms with E-state index in [1.165, 1.54) is 39.5 Å². The van der Waals surface area contributed by atoms with Crippen LogP contribution in [-0.2, 0) is 21.3 Å². The molecular formula is C19H24N4O5S. The highest BCUT2D eigenvalue weighted by atomic mass is 32.2. The van der Waals surface area contributed by atoms with Crippen molar-refractivity contribution in [2.75, 3.05) is 32.8 Å². The van der Waals surface area contributed by atoms with Crippen LogP contribution < -0.4 is 10.9 Å². The molecule has 2 heterocycles. The van der Waals surface area contributed by atoms with Crippen molar-refractivity contribution >= 4 is 15.9 Å². The smallest absolute Gasteiger partial charge is 0.256 e. The van der Waals surface area contributed by atoms with Gasteiger partial charge in [-0.3, -0.25) is 14.2 Å². The Balaban J connectivity index is 1.60. The first-order valence-electron chi connectivity index (χ1n) is 9.29. The maximum absolute atomic E-state index is 12.6. The third kappa shape index (κ3) is 4.72. The predicted molar refractivity (Wildman–Crippen MR) is 106 cm³/mol. The zero-order valence-corrected chi connectivity index (χ0v) is 17.2. The molecule has 0 spiro atoms. The minimum Gasteiger partial charge on any atom is -0.379 e. The molecule has 1 fully saturated rings. The maximum atomic E-state index is 12.6. The Morgan fingerprint density at radius 1 is 1.17 bits per heavy atom. The third-order valence-corrected chi connectivity index (χ3v) is 6.79. The van der Waals surface area contributed by atoms with Crippen LogP contribution in [0.5, 0.6) is 0 Å². The van der Waals surface area contributed by atoms with Gasteiger partial charge in [-0.1, -0.05) is 0 Å². The molecule has 1 saturated heterocycles. The van der Waals surface area contributed by atoms with Gasteiger partial charge in [-0.05, 0) is 38.1 Å². The fourth-order valence-corrected chi connectivity index (χ4v) is 4.35. The van der Waals surface area contributed by atoms with Gasteiger partial charge in [-0.2, -0.15) is 4.31 Å². The van der Waals surface area contributed by atoms with Gasteiger partial charge in [0, 0.05) is 43.0 Å². The summed E-state index contributed by atoms with van der Waals surface area (Å²) in [7, 11) is -3.59. The Morgan fingerprint density at radius 3 is 2.48 bits per heavy atom. The number of sulfonamides is 1. The number of morpholine rings is 1. The highest BCUT2D eigenvalue weighted by molar-refractivity contribution is 7.89. The van der Waals surface area contributed by atoms with Crippen LogP contribution in [0.15, 0.2) is 40.3 Å². The zero-order chi connectivity index (χ0) is 21.0. The normalized spacial score (nSPS) is 15.2. The molecule has 2 aromatic rings. The molecule has 9 nitrogen and oxygen atoms in total. The number of aryl methyl sites for hydroxylation is 1. The van der Waals surface area contributed by atoms with E-state index in [1.807, 2.05) is 0 Å². The number of carbonyl (C=O) groups excluding carboxylic acids is 1. The Morgan fingerprint density at radius 2 is 1.83 bits per heavy atom. The van der Waals surface area contributed by atoms with Gasteiger partial charge in [0.2, 0.25) is 10.0 Å². The number of nitrogens with zero attached hydrogens (tertiary/aromatic N) is 3. The molecular weight excluding hydrogens is 396 g/mol. The maximum Gasteiger partial charge on any atom is 0.256 e. The second-order valence-electron chi connectivity index (χ2n) is 6.75. The van der Waals surface area contributed by atoms with Crippen LogP contribution >= 0.6 is 0 Å². The molecule has 1 aromatic carbocycles. The fourth-order valence-electron chi connectivity index (χ4n) is 2.94. The molecule has 3 rings (SSSR count). The average molecular weight is 420 g/mol. The molecule has 1 aliphatic heterocycles. The van der Waals surface area contributed by atoms with E-state index in [2.05, 4.69) is 10.3 Å². The van der Waals surface area contributed by atoms with E-state index >= 15 is 0 Å². The van der Waals surface area contributed by atoms with Crippen LogP contribution in [0.25, 0.3) is 0 Å². The Labute approximate surface area is 169 Å². The second-order valence-corrected chi connectivity index (χ2v) is 8.69. The minimum atomic E-state index is -3.59. The summed E-state index contributed by atoms with van der Waals surface area (Å²) in [4.78, 5) is 28.7. The summed E-state index contributed by atoms with van der Waals surface area (Å²) < 4.78 is 33.2. The molecule has 0 atom stereocenters. The van der Waals surface area contributed by atoms with E-state index in [1.54, 1.807) is 13.8 Å². The summed E-state index contributed by atoms with van der Waals surface area (Å²) in [6, 6.07) is 5.81. The third-order valence-electron chi connectivity index (χ3n) is 4.88. The predicted octanol–water partition coefficient (Wildman–Crippen LogP) is 0.311. The number of rotatable bonds is 6. The van der Waals surface area contributed by atoms with Crippen molar-refractivity contribution in [1.29, 1.82) is 0 Å². The molecule has 0 radical (unpaired) electrons. The second kappa shape index (κ2) is 8.85. The van der Waals surface area contributed by atoms with Crippen molar-refractivity contribution in [3.63, 3.8) is 0 Å². The molecule has 29 heavy (non-hydrogen) atoms. The lowest BCUT2D eigenvalue weighted by atomic mass is 10.2. The molecule has 0 unspecified atom stereocenters. The van der Waals surface area contributed by atoms with Gasteiger partial charge in [-0.15, -0.1) is 0 Å². The minimum absolute atomic E-state index is 0.135. The quantitative estimate of drug-likeness (QED) is 0.720. The summed E-state index contributed by atoms with van der Waals surface area (Å²) in [5.41, 5.74) is 1.47. The monoisotopic (exact) mass is 420 g/mol. The molecule has 0 aliphatic carbocycles. The summed E-state index contributed by atoms with van der Waals surface area (Å²) >= 11 is 0. The highest BCUT2D eigenvalue weighted by Gasteiger charge is 2.26. The van der Waals surface area contributed by atoms with Crippen molar-refractivity contribution in [2.45, 2.75) is 25.3 Å². The molecule has 10 heteroatoms. The van der Waals surface area contributed by atoms with Crippen LogP contribution in [-0.4, -0.2) is 61.0 Å². The lowest BCUT2D eigenvalue weighted by Gasteiger charge is -2.26. The van der Waals surface area contributed by atoms with E-state index in [0.717, 1.165) is 0 Å². The summed E-state index contributed by atoms with van der Waals surface area (Å²) in [6.45, 7) is 5.41. The van der Waals surface area contributed by atoms with E-state index in [4.69, 9.17) is 4.74 Å². The lowest BCUT2D eigenvalue weighted by Crippen LogP contribution is -2.40. The molecule has 1 N–H and O–H groups in total. The van der Waals surface area contributed by atoms with Gasteiger partial charge in [0.25, 0.3) is 11.5 Å². The van der Waals surface area contributed by atoms with Crippen LogP contribution in [0.3, 0.4) is 0 Å². The van der Waals surface area contributed by atoms with E-state index in [0.29, 0.717) is 49.7 Å². The Hall–Kier alpha value is -2.56. The van der Waals surface area contributed by atoms with Crippen molar-refractivity contribution in [2.24, 2.45) is 0 Å². The van der Waals surface area contributed by atoms with Gasteiger partial charge < -0.3 is 10.1 Å². The summed E-state index contributed by atoms with van der Waals surface area (Å²) in [6.07, 6.45) is 1.46. The van der Waals surface area contributed by atoms with E-state index in [9.17, 15) is 18.0 Å². The number of carbonyl (C=O) groups is 1. The molecule has 1 aromatic heterocycles. The fraction of sp³-hybridized carbons (Fsp3) is 0.421. The number of amides is 1. The van der Waals surface area contributed by atoms with Crippen LogP contribution in [0.2, 0.25) is 0 Å². The van der Waals surface area contributed by atoms with Crippen molar-refractivity contribution < 1.29 is 17.9 Å². The molecule has 0 saturated carbocycles. The molecule has 1 amide bonds. The van der Waals surface area contributed by atoms with Gasteiger partial charge in [0.15, 0.2) is 0 Å². The van der Waals surface area contributed by atoms with Gasteiger partial charge >= 0.3 is 0 Å². The van der Waals surface area contributed by atoms with Crippen LogP contribution in [0.1, 0.15) is 21.6 Å². The van der Waals surface area contributed by atoms with E-state index in [-0.39, 0.29) is 22.9 Å². The van der Waals surface area contributed by atoms with Gasteiger partial charge in [0.05, 0.1) is 24.4 Å². The zero-order valence-electron chi connectivity index (χ0n) is 16.4. The first kappa shape index (κ1) is 21.2. The topological polar surface area (TPSA) is 111 Å². The van der Waals surface area contributed by atoms with Gasteiger partial charge in [-0.25, -0.2) is 13.4 Å². The molecule has 0 bridgehead atoms. The van der Waals surface area contributed by atoms with Crippen LogP contribution in [0.4, 0.5) is 0 Å². The first-order valence-corrected chi connectivity index (χ1v) is 10.7. The summed E-state index contributed by atoms with van der Waals surface area (Å²) in [5, 5.41) is 2.73. The van der Waals surface area contributed by atoms with E-state index < -0.39 is 10.0 Å². The number of benzene rings is 1. The standard InChI is InChI=1S/C19H24N4O5S/c1-14-15(2)21-13-22(19(14)25)8-7-20-18(24)16-3-5-17(6-4-16)29(26,27)23-9-11-28-12-10-23/h3-6,13H,7-12H2,1-2H3,(H,20,24).